The summed E-state index contributed by atoms with van der Waals surface area (Å²) in [5.74, 6) is 0.906. The van der Waals surface area contributed by atoms with Gasteiger partial charge in [0.15, 0.2) is 0 Å². The molecule has 2 fully saturated rings. The van der Waals surface area contributed by atoms with Gasteiger partial charge in [0.2, 0.25) is 0 Å². The molecule has 0 unspecified atom stereocenters. The predicted molar refractivity (Wildman–Crippen MR) is 74.1 cm³/mol. The van der Waals surface area contributed by atoms with Crippen molar-refractivity contribution in [2.75, 3.05) is 0 Å². The van der Waals surface area contributed by atoms with Gasteiger partial charge in [0.25, 0.3) is 0 Å². The van der Waals surface area contributed by atoms with Gasteiger partial charge in [0.1, 0.15) is 0 Å². The SMILES string of the molecule is CC1(C)[C@@H]2CC[C@@]1(C)[C@@H](NCc1ccccn1)C2. The first kappa shape index (κ1) is 12.2. The van der Waals surface area contributed by atoms with Gasteiger partial charge in [-0.15, -0.1) is 0 Å². The number of pyridine rings is 1. The number of rotatable bonds is 3. The molecule has 2 aliphatic rings. The zero-order valence-corrected chi connectivity index (χ0v) is 11.7. The maximum absolute atomic E-state index is 4.40. The second-order valence-corrected chi connectivity index (χ2v) is 6.87. The van der Waals surface area contributed by atoms with Crippen molar-refractivity contribution in [3.05, 3.63) is 30.1 Å². The second kappa shape index (κ2) is 4.06. The molecule has 98 valence electrons. The molecule has 1 heterocycles. The molecular formula is C16H24N2. The van der Waals surface area contributed by atoms with Gasteiger partial charge in [-0.1, -0.05) is 26.8 Å². The minimum atomic E-state index is 0.465. The van der Waals surface area contributed by atoms with E-state index in [9.17, 15) is 0 Å². The van der Waals surface area contributed by atoms with Crippen molar-refractivity contribution in [3.63, 3.8) is 0 Å². The Balaban J connectivity index is 1.69. The molecule has 0 amide bonds. The van der Waals surface area contributed by atoms with E-state index in [2.05, 4.69) is 43.2 Å². The number of hydrogen-bond acceptors (Lipinski definition) is 2. The van der Waals surface area contributed by atoms with Crippen LogP contribution in [-0.4, -0.2) is 11.0 Å². The summed E-state index contributed by atoms with van der Waals surface area (Å²) in [5.41, 5.74) is 2.11. The predicted octanol–water partition coefficient (Wildman–Crippen LogP) is 3.39. The first-order chi connectivity index (χ1) is 8.54. The van der Waals surface area contributed by atoms with Crippen molar-refractivity contribution in [1.82, 2.24) is 10.3 Å². The van der Waals surface area contributed by atoms with E-state index in [1.807, 2.05) is 12.3 Å². The van der Waals surface area contributed by atoms with Crippen molar-refractivity contribution in [3.8, 4) is 0 Å². The van der Waals surface area contributed by atoms with Crippen LogP contribution >= 0.6 is 0 Å². The van der Waals surface area contributed by atoms with Gasteiger partial charge in [0.05, 0.1) is 5.69 Å². The Morgan fingerprint density at radius 1 is 1.33 bits per heavy atom. The van der Waals surface area contributed by atoms with Crippen LogP contribution in [0.1, 0.15) is 45.7 Å². The van der Waals surface area contributed by atoms with Gasteiger partial charge in [-0.2, -0.15) is 0 Å². The van der Waals surface area contributed by atoms with Crippen LogP contribution in [0.4, 0.5) is 0 Å². The monoisotopic (exact) mass is 244 g/mol. The molecular weight excluding hydrogens is 220 g/mol. The van der Waals surface area contributed by atoms with Crippen molar-refractivity contribution >= 4 is 0 Å². The number of hydrogen-bond donors (Lipinski definition) is 1. The summed E-state index contributed by atoms with van der Waals surface area (Å²) in [6.07, 6.45) is 6.02. The second-order valence-electron chi connectivity index (χ2n) is 6.87. The Hall–Kier alpha value is -0.890. The molecule has 2 bridgehead atoms. The topological polar surface area (TPSA) is 24.9 Å². The molecule has 0 aliphatic heterocycles. The minimum Gasteiger partial charge on any atom is -0.308 e. The first-order valence-electron chi connectivity index (χ1n) is 7.17. The highest BCUT2D eigenvalue weighted by Gasteiger charge is 2.60. The first-order valence-corrected chi connectivity index (χ1v) is 7.17. The van der Waals surface area contributed by atoms with E-state index in [0.717, 1.165) is 18.2 Å². The molecule has 18 heavy (non-hydrogen) atoms. The van der Waals surface area contributed by atoms with Crippen LogP contribution in [0.15, 0.2) is 24.4 Å². The highest BCUT2D eigenvalue weighted by molar-refractivity contribution is 5.13. The molecule has 3 atom stereocenters. The lowest BCUT2D eigenvalue weighted by atomic mass is 9.69. The van der Waals surface area contributed by atoms with Crippen LogP contribution in [-0.2, 0) is 6.54 Å². The summed E-state index contributed by atoms with van der Waals surface area (Å²) < 4.78 is 0. The van der Waals surface area contributed by atoms with Crippen molar-refractivity contribution in [2.45, 2.75) is 52.6 Å². The van der Waals surface area contributed by atoms with Crippen LogP contribution in [0, 0.1) is 16.7 Å². The zero-order chi connectivity index (χ0) is 12.8. The molecule has 1 N–H and O–H groups in total. The molecule has 1 aromatic rings. The molecule has 2 nitrogen and oxygen atoms in total. The average Bonchev–Trinajstić information content (AvgIpc) is 2.70. The lowest BCUT2D eigenvalue weighted by Crippen LogP contribution is -2.44. The number of nitrogens with one attached hydrogen (secondary N) is 1. The summed E-state index contributed by atoms with van der Waals surface area (Å²) in [6, 6.07) is 6.81. The summed E-state index contributed by atoms with van der Waals surface area (Å²) >= 11 is 0. The van der Waals surface area contributed by atoms with Crippen LogP contribution in [0.25, 0.3) is 0 Å². The molecule has 0 aromatic carbocycles. The van der Waals surface area contributed by atoms with Gasteiger partial charge in [-0.3, -0.25) is 4.98 Å². The van der Waals surface area contributed by atoms with E-state index in [1.165, 1.54) is 19.3 Å². The third kappa shape index (κ3) is 1.62. The quantitative estimate of drug-likeness (QED) is 0.881. The standard InChI is InChI=1S/C16H24N2/c1-15(2)12-7-8-16(15,3)14(10-12)18-11-13-6-4-5-9-17-13/h4-6,9,12,14,18H,7-8,10-11H2,1-3H3/t12-,14+,16+/m1/s1. The van der Waals surface area contributed by atoms with Crippen LogP contribution in [0.2, 0.25) is 0 Å². The maximum atomic E-state index is 4.40. The van der Waals surface area contributed by atoms with Crippen molar-refractivity contribution in [2.24, 2.45) is 16.7 Å². The number of fused-ring (bicyclic) bond motifs is 2. The highest BCUT2D eigenvalue weighted by Crippen LogP contribution is 2.65. The smallest absolute Gasteiger partial charge is 0.0541 e. The number of aromatic nitrogens is 1. The highest BCUT2D eigenvalue weighted by atomic mass is 15.0. The van der Waals surface area contributed by atoms with E-state index in [-0.39, 0.29) is 0 Å². The number of nitrogens with zero attached hydrogens (tertiary/aromatic N) is 1. The third-order valence-electron chi connectivity index (χ3n) is 6.05. The Bertz CT molecular complexity index is 426. The van der Waals surface area contributed by atoms with Gasteiger partial charge in [0, 0.05) is 18.8 Å². The average molecular weight is 244 g/mol. The van der Waals surface area contributed by atoms with E-state index in [4.69, 9.17) is 0 Å². The maximum Gasteiger partial charge on any atom is 0.0541 e. The van der Waals surface area contributed by atoms with Crippen molar-refractivity contribution in [1.29, 1.82) is 0 Å². The third-order valence-corrected chi connectivity index (χ3v) is 6.05. The molecule has 2 aliphatic carbocycles. The molecule has 0 radical (unpaired) electrons. The minimum absolute atomic E-state index is 0.465. The van der Waals surface area contributed by atoms with Gasteiger partial charge in [-0.25, -0.2) is 0 Å². The van der Waals surface area contributed by atoms with Crippen LogP contribution in [0.3, 0.4) is 0 Å². The van der Waals surface area contributed by atoms with E-state index >= 15 is 0 Å². The Labute approximate surface area is 110 Å². The van der Waals surface area contributed by atoms with Crippen molar-refractivity contribution < 1.29 is 0 Å². The molecule has 2 saturated carbocycles. The Kier molecular flexibility index (Phi) is 2.74. The normalized spacial score (nSPS) is 37.1. The molecule has 2 heteroatoms. The lowest BCUT2D eigenvalue weighted by Gasteiger charge is -2.39. The lowest BCUT2D eigenvalue weighted by molar-refractivity contribution is 0.120. The summed E-state index contributed by atoms with van der Waals surface area (Å²) in [7, 11) is 0. The van der Waals surface area contributed by atoms with Gasteiger partial charge >= 0.3 is 0 Å². The largest absolute Gasteiger partial charge is 0.308 e. The molecule has 0 spiro atoms. The van der Waals surface area contributed by atoms with Gasteiger partial charge < -0.3 is 5.32 Å². The Morgan fingerprint density at radius 2 is 2.17 bits per heavy atom. The molecule has 3 rings (SSSR count). The fourth-order valence-corrected chi connectivity index (χ4v) is 4.24. The fourth-order valence-electron chi connectivity index (χ4n) is 4.24. The van der Waals surface area contributed by atoms with Crippen LogP contribution in [0.5, 0.6) is 0 Å². The zero-order valence-electron chi connectivity index (χ0n) is 11.7. The summed E-state index contributed by atoms with van der Waals surface area (Å²) in [5, 5.41) is 3.76. The fraction of sp³-hybridized carbons (Fsp3) is 0.688. The van der Waals surface area contributed by atoms with E-state index in [0.29, 0.717) is 16.9 Å². The van der Waals surface area contributed by atoms with E-state index < -0.39 is 0 Å². The summed E-state index contributed by atoms with van der Waals surface area (Å²) in [4.78, 5) is 4.40. The molecule has 1 aromatic heterocycles. The van der Waals surface area contributed by atoms with Crippen LogP contribution < -0.4 is 5.32 Å². The summed E-state index contributed by atoms with van der Waals surface area (Å²) in [6.45, 7) is 8.32. The van der Waals surface area contributed by atoms with Gasteiger partial charge in [-0.05, 0) is 48.1 Å². The Morgan fingerprint density at radius 3 is 2.72 bits per heavy atom. The van der Waals surface area contributed by atoms with E-state index in [1.54, 1.807) is 0 Å². The molecule has 0 saturated heterocycles.